The van der Waals surface area contributed by atoms with Gasteiger partial charge in [0.05, 0.1) is 28.9 Å². The summed E-state index contributed by atoms with van der Waals surface area (Å²) in [4.78, 5) is 9.78. The number of allylic oxidation sites excluding steroid dienone is 1. The number of hydrogen-bond donors (Lipinski definition) is 0. The van der Waals surface area contributed by atoms with Crippen LogP contribution in [-0.4, -0.2) is 30.3 Å². The van der Waals surface area contributed by atoms with Crippen LogP contribution in [0.1, 0.15) is 18.7 Å². The molecule has 5 heteroatoms. The minimum atomic E-state index is 0.514. The molecule has 0 atom stereocenters. The normalized spacial score (nSPS) is 17.6. The van der Waals surface area contributed by atoms with Crippen LogP contribution < -0.4 is 4.74 Å². The van der Waals surface area contributed by atoms with E-state index in [0.717, 1.165) is 18.8 Å². The fourth-order valence-corrected chi connectivity index (χ4v) is 5.44. The van der Waals surface area contributed by atoms with Crippen LogP contribution in [-0.2, 0) is 0 Å². The Balaban J connectivity index is 1.89. The second kappa shape index (κ2) is 5.32. The Labute approximate surface area is 138 Å². The van der Waals surface area contributed by atoms with Crippen molar-refractivity contribution in [1.82, 2.24) is 4.90 Å². The summed E-state index contributed by atoms with van der Waals surface area (Å²) in [6, 6.07) is 8.55. The molecule has 3 heterocycles. The fraction of sp³-hybridized carbons (Fsp3) is 0.353. The molecule has 114 valence electrons. The van der Waals surface area contributed by atoms with Gasteiger partial charge in [0.2, 0.25) is 0 Å². The van der Waals surface area contributed by atoms with Gasteiger partial charge >= 0.3 is 0 Å². The predicted molar refractivity (Wildman–Crippen MR) is 96.7 cm³/mol. The molecule has 1 aromatic heterocycles. The van der Waals surface area contributed by atoms with Crippen molar-refractivity contribution in [2.75, 3.05) is 20.2 Å². The second-order valence-corrected chi connectivity index (χ2v) is 7.84. The molecule has 0 bridgehead atoms. The van der Waals surface area contributed by atoms with Crippen molar-refractivity contribution in [3.8, 4) is 5.75 Å². The van der Waals surface area contributed by atoms with Crippen LogP contribution in [0.15, 0.2) is 34.2 Å². The average molecular weight is 330 g/mol. The minimum Gasteiger partial charge on any atom is -0.495 e. The van der Waals surface area contributed by atoms with Crippen LogP contribution in [0, 0.1) is 5.92 Å². The summed E-state index contributed by atoms with van der Waals surface area (Å²) in [6.07, 6.45) is 0. The number of nitrogens with zero attached hydrogens (tertiary/aromatic N) is 2. The zero-order valence-corrected chi connectivity index (χ0v) is 14.6. The molecule has 0 aliphatic carbocycles. The van der Waals surface area contributed by atoms with Gasteiger partial charge in [0.25, 0.3) is 0 Å². The highest BCUT2D eigenvalue weighted by molar-refractivity contribution is 8.17. The molecule has 2 aliphatic rings. The van der Waals surface area contributed by atoms with Gasteiger partial charge < -0.3 is 9.64 Å². The van der Waals surface area contributed by atoms with E-state index in [0.29, 0.717) is 5.92 Å². The summed E-state index contributed by atoms with van der Waals surface area (Å²) in [5.74, 6) is 1.47. The summed E-state index contributed by atoms with van der Waals surface area (Å²) in [5, 5.41) is 2.42. The van der Waals surface area contributed by atoms with E-state index in [4.69, 9.17) is 4.74 Å². The molecule has 0 unspecified atom stereocenters. The Morgan fingerprint density at radius 1 is 1.32 bits per heavy atom. The number of aliphatic imine (C=N–C) groups is 1. The number of methoxy groups -OCH3 is 1. The minimum absolute atomic E-state index is 0.514. The number of amidine groups is 1. The highest BCUT2D eigenvalue weighted by Gasteiger charge is 2.34. The third kappa shape index (κ3) is 2.07. The van der Waals surface area contributed by atoms with E-state index in [2.05, 4.69) is 41.9 Å². The Morgan fingerprint density at radius 3 is 2.95 bits per heavy atom. The Hall–Kier alpha value is -1.46. The van der Waals surface area contributed by atoms with Crippen molar-refractivity contribution in [1.29, 1.82) is 0 Å². The molecular formula is C17H18N2OS2. The molecule has 0 saturated heterocycles. The number of fused-ring (bicyclic) bond motifs is 2. The Bertz CT molecular complexity index is 804. The molecule has 22 heavy (non-hydrogen) atoms. The molecule has 0 spiro atoms. The first-order valence-electron chi connectivity index (χ1n) is 7.50. The Morgan fingerprint density at radius 2 is 2.18 bits per heavy atom. The predicted octanol–water partition coefficient (Wildman–Crippen LogP) is 4.65. The van der Waals surface area contributed by atoms with Gasteiger partial charge in [-0.2, -0.15) is 0 Å². The van der Waals surface area contributed by atoms with Crippen molar-refractivity contribution in [2.24, 2.45) is 10.9 Å². The van der Waals surface area contributed by atoms with Gasteiger partial charge in [-0.15, -0.1) is 11.3 Å². The van der Waals surface area contributed by atoms with E-state index < -0.39 is 0 Å². The molecule has 0 fully saturated rings. The molecule has 0 amide bonds. The molecule has 3 nitrogen and oxygen atoms in total. The van der Waals surface area contributed by atoms with Gasteiger partial charge in [-0.3, -0.25) is 4.99 Å². The topological polar surface area (TPSA) is 24.8 Å². The molecule has 2 aromatic rings. The largest absolute Gasteiger partial charge is 0.495 e. The second-order valence-electron chi connectivity index (χ2n) is 5.77. The van der Waals surface area contributed by atoms with E-state index >= 15 is 0 Å². The van der Waals surface area contributed by atoms with Gasteiger partial charge in [-0.05, 0) is 23.4 Å². The first-order chi connectivity index (χ1) is 10.7. The lowest BCUT2D eigenvalue weighted by molar-refractivity contribution is 0.420. The van der Waals surface area contributed by atoms with E-state index in [1.807, 2.05) is 29.2 Å². The maximum Gasteiger partial charge on any atom is 0.168 e. The third-order valence-corrected chi connectivity index (χ3v) is 6.58. The van der Waals surface area contributed by atoms with Gasteiger partial charge in [0, 0.05) is 11.4 Å². The van der Waals surface area contributed by atoms with E-state index in [9.17, 15) is 0 Å². The van der Waals surface area contributed by atoms with Crippen LogP contribution in [0.3, 0.4) is 0 Å². The summed E-state index contributed by atoms with van der Waals surface area (Å²) in [5.41, 5.74) is 1.36. The quantitative estimate of drug-likeness (QED) is 0.819. The first-order valence-corrected chi connectivity index (χ1v) is 9.13. The SMILES string of the molecule is COc1cccc2cc(C3=C(C(C)C)SC4=NCCN43)sc12. The Kier molecular flexibility index (Phi) is 3.42. The number of hydrogen-bond acceptors (Lipinski definition) is 5. The monoisotopic (exact) mass is 330 g/mol. The zero-order chi connectivity index (χ0) is 15.3. The van der Waals surface area contributed by atoms with Crippen molar-refractivity contribution < 1.29 is 4.74 Å². The number of rotatable bonds is 3. The highest BCUT2D eigenvalue weighted by Crippen LogP contribution is 2.48. The highest BCUT2D eigenvalue weighted by atomic mass is 32.2. The third-order valence-electron chi connectivity index (χ3n) is 3.99. The van der Waals surface area contributed by atoms with E-state index in [1.165, 1.54) is 30.7 Å². The van der Waals surface area contributed by atoms with Crippen LogP contribution in [0.5, 0.6) is 5.75 Å². The lowest BCUT2D eigenvalue weighted by Crippen LogP contribution is -2.19. The number of thiophene rings is 1. The lowest BCUT2D eigenvalue weighted by atomic mass is 10.1. The van der Waals surface area contributed by atoms with Crippen LogP contribution in [0.4, 0.5) is 0 Å². The van der Waals surface area contributed by atoms with Crippen molar-refractivity contribution >= 4 is 44.0 Å². The molecule has 0 N–H and O–H groups in total. The smallest absolute Gasteiger partial charge is 0.168 e. The summed E-state index contributed by atoms with van der Waals surface area (Å²) in [6.45, 7) is 6.43. The zero-order valence-electron chi connectivity index (χ0n) is 12.9. The molecule has 4 rings (SSSR count). The van der Waals surface area contributed by atoms with Gasteiger partial charge in [0.15, 0.2) is 5.17 Å². The van der Waals surface area contributed by atoms with E-state index in [-0.39, 0.29) is 0 Å². The standard InChI is InChI=1S/C17H18N2OS2/c1-10(2)15-14(19-8-7-18-17(19)22-15)13-9-11-5-4-6-12(20-3)16(11)21-13/h4-6,9-10H,7-8H2,1-3H3. The molecule has 1 aromatic carbocycles. The van der Waals surface area contributed by atoms with Gasteiger partial charge in [0.1, 0.15) is 5.75 Å². The molecule has 2 aliphatic heterocycles. The maximum absolute atomic E-state index is 5.52. The lowest BCUT2D eigenvalue weighted by Gasteiger charge is -2.16. The van der Waals surface area contributed by atoms with Gasteiger partial charge in [-0.25, -0.2) is 0 Å². The van der Waals surface area contributed by atoms with Crippen LogP contribution in [0.25, 0.3) is 15.8 Å². The summed E-state index contributed by atoms with van der Waals surface area (Å²) in [7, 11) is 1.74. The summed E-state index contributed by atoms with van der Waals surface area (Å²) >= 11 is 3.67. The van der Waals surface area contributed by atoms with Gasteiger partial charge in [-0.1, -0.05) is 37.7 Å². The summed E-state index contributed by atoms with van der Waals surface area (Å²) < 4.78 is 6.74. The van der Waals surface area contributed by atoms with E-state index in [1.54, 1.807) is 7.11 Å². The van der Waals surface area contributed by atoms with Crippen LogP contribution in [0.2, 0.25) is 0 Å². The molecule has 0 saturated carbocycles. The van der Waals surface area contributed by atoms with Crippen LogP contribution >= 0.6 is 23.1 Å². The fourth-order valence-electron chi connectivity index (χ4n) is 2.96. The number of thioether (sulfide) groups is 1. The van der Waals surface area contributed by atoms with Crippen molar-refractivity contribution in [3.63, 3.8) is 0 Å². The molecule has 0 radical (unpaired) electrons. The average Bonchev–Trinajstić information content (AvgIpc) is 3.18. The first kappa shape index (κ1) is 14.2. The van der Waals surface area contributed by atoms with Crippen molar-refractivity contribution in [3.05, 3.63) is 34.0 Å². The maximum atomic E-state index is 5.52. The number of ether oxygens (including phenoxy) is 1. The molecular weight excluding hydrogens is 312 g/mol. The van der Waals surface area contributed by atoms with Crippen molar-refractivity contribution in [2.45, 2.75) is 13.8 Å². The number of benzene rings is 1.